The smallest absolute Gasteiger partial charge is 0.271 e. The number of nitrogens with one attached hydrogen (secondary N) is 2. The number of thioether (sulfide) groups is 2. The fourth-order valence-corrected chi connectivity index (χ4v) is 6.63. The van der Waals surface area contributed by atoms with Crippen LogP contribution in [0.3, 0.4) is 0 Å². The van der Waals surface area contributed by atoms with Crippen LogP contribution in [-0.4, -0.2) is 92.7 Å². The van der Waals surface area contributed by atoms with E-state index in [9.17, 15) is 19.8 Å². The maximum absolute atomic E-state index is 11.3. The zero-order valence-electron chi connectivity index (χ0n) is 19.1. The van der Waals surface area contributed by atoms with Crippen LogP contribution in [0.2, 0.25) is 0 Å². The molecule has 0 saturated carbocycles. The second-order valence-corrected chi connectivity index (χ2v) is 10.6. The highest BCUT2D eigenvalue weighted by Gasteiger charge is 2.43. The first-order valence-corrected chi connectivity index (χ1v) is 12.5. The van der Waals surface area contributed by atoms with Crippen LogP contribution >= 0.6 is 23.5 Å². The molecule has 0 radical (unpaired) electrons. The minimum absolute atomic E-state index is 0. The summed E-state index contributed by atoms with van der Waals surface area (Å²) in [7, 11) is 0. The highest BCUT2D eigenvalue weighted by molar-refractivity contribution is 8.14. The van der Waals surface area contributed by atoms with E-state index in [0.717, 1.165) is 0 Å². The van der Waals surface area contributed by atoms with Gasteiger partial charge in [-0.15, -0.1) is 0 Å². The van der Waals surface area contributed by atoms with Crippen molar-refractivity contribution in [3.63, 3.8) is 0 Å². The molecule has 0 aromatic carbocycles. The van der Waals surface area contributed by atoms with Crippen molar-refractivity contribution in [2.24, 2.45) is 32.9 Å². The van der Waals surface area contributed by atoms with Crippen LogP contribution in [0.1, 0.15) is 33.3 Å². The number of imidazole rings is 2. The van der Waals surface area contributed by atoms with E-state index in [-0.39, 0.29) is 65.0 Å². The number of carbonyl (C=O) groups is 2. The average molecular weight is 555 g/mol. The topological polar surface area (TPSA) is 295 Å². The zero-order chi connectivity index (χ0) is 25.7. The van der Waals surface area contributed by atoms with Crippen LogP contribution in [0, 0.1) is 0 Å². The van der Waals surface area contributed by atoms with Gasteiger partial charge < -0.3 is 49.3 Å². The third kappa shape index (κ3) is 4.44. The maximum Gasteiger partial charge on any atom is 0.271 e. The molecule has 0 aliphatic carbocycles. The molecular weight excluding hydrogens is 528 g/mol. The van der Waals surface area contributed by atoms with Crippen LogP contribution < -0.4 is 33.6 Å². The average Bonchev–Trinajstić information content (AvgIpc) is 3.60. The van der Waals surface area contributed by atoms with Gasteiger partial charge in [-0.3, -0.25) is 18.7 Å². The largest absolute Gasteiger partial charge is 0.412 e. The molecule has 14 N–H and O–H groups in total. The molecule has 4 aliphatic rings. The molecule has 0 fully saturated rings. The summed E-state index contributed by atoms with van der Waals surface area (Å²) in [5, 5.41) is 25.8. The minimum atomic E-state index is -0.617. The Balaban J connectivity index is 0.000000168. The predicted octanol–water partition coefficient (Wildman–Crippen LogP) is -3.43. The number of amides is 2. The van der Waals surface area contributed by atoms with Crippen molar-refractivity contribution in [3.8, 4) is 0 Å². The highest BCUT2D eigenvalue weighted by Crippen LogP contribution is 2.42. The Morgan fingerprint density at radius 1 is 0.838 bits per heavy atom. The molecule has 6 rings (SSSR count). The Bertz CT molecular complexity index is 1180. The van der Waals surface area contributed by atoms with Crippen molar-refractivity contribution >= 4 is 57.3 Å². The van der Waals surface area contributed by atoms with Gasteiger partial charge in [-0.1, -0.05) is 23.5 Å². The molecule has 19 heteroatoms. The first-order chi connectivity index (χ1) is 17.2. The van der Waals surface area contributed by atoms with Crippen molar-refractivity contribution in [3.05, 3.63) is 24.0 Å². The number of aliphatic imine (C=N–C) groups is 2. The summed E-state index contributed by atoms with van der Waals surface area (Å²) in [5.41, 5.74) is 22.2. The molecule has 2 aromatic rings. The van der Waals surface area contributed by atoms with Gasteiger partial charge in [-0.05, 0) is 0 Å². The van der Waals surface area contributed by atoms with E-state index in [1.165, 1.54) is 36.2 Å². The summed E-state index contributed by atoms with van der Waals surface area (Å²) >= 11 is 2.81. The van der Waals surface area contributed by atoms with E-state index in [1.54, 1.807) is 9.13 Å². The lowest BCUT2D eigenvalue weighted by Gasteiger charge is -2.33. The van der Waals surface area contributed by atoms with Crippen molar-refractivity contribution < 1.29 is 25.3 Å². The Morgan fingerprint density at radius 3 is 1.54 bits per heavy atom. The monoisotopic (exact) mass is 554 g/mol. The Morgan fingerprint density at radius 2 is 1.22 bits per heavy atom. The molecule has 2 aromatic heterocycles. The van der Waals surface area contributed by atoms with Gasteiger partial charge in [0, 0.05) is 0 Å². The third-order valence-electron chi connectivity index (χ3n) is 6.08. The number of aliphatic hydroxyl groups is 2. The normalized spacial score (nSPS) is 28.4. The van der Waals surface area contributed by atoms with Gasteiger partial charge in [0.05, 0.1) is 48.5 Å². The summed E-state index contributed by atoms with van der Waals surface area (Å²) in [6.07, 6.45) is 2.50. The standard InChI is InChI=1S/2C9H12N6O2S.H2O/c2*10-6(17)4-7-13-3(1-16)5-8(14-9(11)18-5)15(7)2-12-4;/h2*2-3,5,8,13,16H,1H2,(H2,10,17)(H2,11,14);1H2/t2*3-,5-,8+;/m00./s1. The van der Waals surface area contributed by atoms with Crippen molar-refractivity contribution in [1.82, 2.24) is 19.1 Å². The second-order valence-electron chi connectivity index (χ2n) is 8.22. The van der Waals surface area contributed by atoms with E-state index in [2.05, 4.69) is 30.6 Å². The van der Waals surface area contributed by atoms with Gasteiger partial charge in [0.2, 0.25) is 0 Å². The molecule has 0 bridgehead atoms. The zero-order valence-corrected chi connectivity index (χ0v) is 20.7. The van der Waals surface area contributed by atoms with E-state index in [0.29, 0.717) is 22.0 Å². The van der Waals surface area contributed by atoms with Gasteiger partial charge in [0.15, 0.2) is 21.7 Å². The van der Waals surface area contributed by atoms with E-state index in [4.69, 9.17) is 22.9 Å². The molecule has 0 saturated heterocycles. The first kappa shape index (κ1) is 26.5. The van der Waals surface area contributed by atoms with E-state index >= 15 is 0 Å². The SMILES string of the molecule is NC(=O)c1ncn2c1N[C@@H](CO)[C@@H]1SC(N)=N[C@@H]12.NC(=O)c1ncn2c1N[C@@H](CO)[C@@H]1SC(N)=N[C@@H]12.O. The number of hydrogen-bond acceptors (Lipinski definition) is 14. The van der Waals surface area contributed by atoms with Gasteiger partial charge in [0.1, 0.15) is 24.0 Å². The van der Waals surface area contributed by atoms with Gasteiger partial charge in [-0.2, -0.15) is 0 Å². The summed E-state index contributed by atoms with van der Waals surface area (Å²) < 4.78 is 3.45. The fourth-order valence-electron chi connectivity index (χ4n) is 4.47. The summed E-state index contributed by atoms with van der Waals surface area (Å²) in [6, 6.07) is -0.487. The Hall–Kier alpha value is -3.52. The highest BCUT2D eigenvalue weighted by atomic mass is 32.2. The maximum atomic E-state index is 11.3. The first-order valence-electron chi connectivity index (χ1n) is 10.7. The molecule has 0 unspecified atom stereocenters. The fraction of sp³-hybridized carbons (Fsp3) is 0.444. The minimum Gasteiger partial charge on any atom is -0.412 e. The number of fused-ring (bicyclic) bond motifs is 6. The number of nitrogens with two attached hydrogens (primary N) is 4. The number of aromatic nitrogens is 4. The summed E-state index contributed by atoms with van der Waals surface area (Å²) in [6.45, 7) is -0.166. The van der Waals surface area contributed by atoms with Crippen molar-refractivity contribution in [2.45, 2.75) is 34.9 Å². The molecule has 200 valence electrons. The molecular formula is C18H26N12O5S2. The molecule has 37 heavy (non-hydrogen) atoms. The number of rotatable bonds is 4. The number of amidine groups is 2. The number of anilines is 2. The molecule has 0 spiro atoms. The molecule has 4 aliphatic heterocycles. The van der Waals surface area contributed by atoms with Gasteiger partial charge in [0.25, 0.3) is 11.8 Å². The predicted molar refractivity (Wildman–Crippen MR) is 138 cm³/mol. The number of carbonyl (C=O) groups excluding carboxylic acids is 2. The van der Waals surface area contributed by atoms with Gasteiger partial charge >= 0.3 is 0 Å². The van der Waals surface area contributed by atoms with E-state index in [1.807, 2.05) is 0 Å². The summed E-state index contributed by atoms with van der Waals surface area (Å²) in [4.78, 5) is 39.1. The van der Waals surface area contributed by atoms with Crippen LogP contribution in [-0.2, 0) is 0 Å². The van der Waals surface area contributed by atoms with E-state index < -0.39 is 11.8 Å². The van der Waals surface area contributed by atoms with Crippen molar-refractivity contribution in [1.29, 1.82) is 0 Å². The molecule has 2 amide bonds. The lowest BCUT2D eigenvalue weighted by Crippen LogP contribution is -2.44. The quantitative estimate of drug-likeness (QED) is 0.183. The Kier molecular flexibility index (Phi) is 7.24. The lowest BCUT2D eigenvalue weighted by atomic mass is 10.1. The second kappa shape index (κ2) is 10.1. The molecule has 17 nitrogen and oxygen atoms in total. The summed E-state index contributed by atoms with van der Waals surface area (Å²) in [5.74, 6) is -0.258. The van der Waals surface area contributed by atoms with Crippen molar-refractivity contribution in [2.75, 3.05) is 23.8 Å². The Labute approximate surface area is 217 Å². The number of nitrogens with zero attached hydrogens (tertiary/aromatic N) is 6. The van der Waals surface area contributed by atoms with Gasteiger partial charge in [-0.25, -0.2) is 20.0 Å². The number of aliphatic hydroxyl groups excluding tert-OH is 2. The number of primary amides is 2. The molecule has 6 atom stereocenters. The van der Waals surface area contributed by atoms with Crippen LogP contribution in [0.15, 0.2) is 22.6 Å². The third-order valence-corrected chi connectivity index (χ3v) is 8.46. The van der Waals surface area contributed by atoms with Crippen LogP contribution in [0.25, 0.3) is 0 Å². The van der Waals surface area contributed by atoms with Crippen LogP contribution in [0.4, 0.5) is 11.6 Å². The number of hydrogen-bond donors (Lipinski definition) is 8. The molecule has 6 heterocycles. The lowest BCUT2D eigenvalue weighted by molar-refractivity contribution is 0.0988. The van der Waals surface area contributed by atoms with Crippen LogP contribution in [0.5, 0.6) is 0 Å².